The number of hydrogen-bond acceptors (Lipinski definition) is 6. The second kappa shape index (κ2) is 12.2. The molecule has 0 amide bonds. The van der Waals surface area contributed by atoms with Crippen LogP contribution < -0.4 is 10.9 Å². The zero-order chi connectivity index (χ0) is 20.3. The molecule has 0 heterocycles. The first kappa shape index (κ1) is 24.8. The predicted octanol–water partition coefficient (Wildman–Crippen LogP) is 1.78. The van der Waals surface area contributed by atoms with Crippen LogP contribution in [0.1, 0.15) is 60.8 Å². The smallest absolute Gasteiger partial charge is 0.312 e. The Morgan fingerprint density at radius 3 is 1.54 bits per heavy atom. The maximum absolute atomic E-state index is 12.4. The van der Waals surface area contributed by atoms with Crippen LogP contribution in [0.25, 0.3) is 0 Å². The number of carbonyl (C=O) groups is 2. The van der Waals surface area contributed by atoms with Crippen molar-refractivity contribution in [2.24, 2.45) is 5.41 Å². The minimum absolute atomic E-state index is 0.0367. The minimum Gasteiger partial charge on any atom is -0.481 e. The zero-order valence-corrected chi connectivity index (χ0v) is 17.2. The molecule has 0 radical (unpaired) electrons. The number of hydrogen-bond donors (Lipinski definition) is 4. The maximum Gasteiger partial charge on any atom is 0.312 e. The molecule has 0 saturated heterocycles. The van der Waals surface area contributed by atoms with Crippen LogP contribution in [0.4, 0.5) is 0 Å². The average molecular weight is 375 g/mol. The summed E-state index contributed by atoms with van der Waals surface area (Å²) in [4.78, 5) is 23.4. The van der Waals surface area contributed by atoms with Crippen molar-refractivity contribution in [2.75, 3.05) is 26.2 Å². The second-order valence-corrected chi connectivity index (χ2v) is 6.64. The molecule has 0 saturated carbocycles. The lowest BCUT2D eigenvalue weighted by atomic mass is 9.71. The van der Waals surface area contributed by atoms with Gasteiger partial charge in [0.15, 0.2) is 0 Å². The van der Waals surface area contributed by atoms with Gasteiger partial charge in [-0.3, -0.25) is 20.4 Å². The fraction of sp³-hybridized carbons (Fsp3) is 0.889. The maximum atomic E-state index is 12.4. The van der Waals surface area contributed by atoms with Gasteiger partial charge in [0.1, 0.15) is 5.41 Å². The largest absolute Gasteiger partial charge is 0.481 e. The summed E-state index contributed by atoms with van der Waals surface area (Å²) in [5.41, 5.74) is 5.49. The van der Waals surface area contributed by atoms with Crippen molar-refractivity contribution in [3.63, 3.8) is 0 Å². The third kappa shape index (κ3) is 6.83. The molecule has 4 N–H and O–H groups in total. The van der Waals surface area contributed by atoms with E-state index in [0.29, 0.717) is 6.42 Å². The molecule has 0 aromatic heterocycles. The highest BCUT2D eigenvalue weighted by Crippen LogP contribution is 2.34. The van der Waals surface area contributed by atoms with E-state index in [4.69, 9.17) is 5.11 Å². The number of rotatable bonds is 15. The molecular weight excluding hydrogens is 336 g/mol. The van der Waals surface area contributed by atoms with E-state index < -0.39 is 17.4 Å². The highest BCUT2D eigenvalue weighted by atomic mass is 16.4. The fourth-order valence-corrected chi connectivity index (χ4v) is 3.41. The molecule has 0 fully saturated rings. The number of carboxylic acids is 2. The zero-order valence-electron chi connectivity index (χ0n) is 17.2. The van der Waals surface area contributed by atoms with Crippen LogP contribution in [0, 0.1) is 5.41 Å². The van der Waals surface area contributed by atoms with E-state index >= 15 is 0 Å². The Balaban J connectivity index is 5.66. The molecule has 26 heavy (non-hydrogen) atoms. The molecule has 0 aliphatic heterocycles. The summed E-state index contributed by atoms with van der Waals surface area (Å²) in [7, 11) is 0. The van der Waals surface area contributed by atoms with Gasteiger partial charge in [0.05, 0.1) is 0 Å². The van der Waals surface area contributed by atoms with Gasteiger partial charge in [-0.05, 0) is 26.7 Å². The summed E-state index contributed by atoms with van der Waals surface area (Å²) >= 11 is 0. The van der Waals surface area contributed by atoms with Crippen LogP contribution in [0.15, 0.2) is 0 Å². The van der Waals surface area contributed by atoms with Crippen LogP contribution in [-0.4, -0.2) is 70.4 Å². The van der Waals surface area contributed by atoms with E-state index in [0.717, 1.165) is 26.2 Å². The lowest BCUT2D eigenvalue weighted by Gasteiger charge is -2.44. The third-order valence-electron chi connectivity index (χ3n) is 5.20. The van der Waals surface area contributed by atoms with Gasteiger partial charge in [-0.1, -0.05) is 27.7 Å². The van der Waals surface area contributed by atoms with Crippen molar-refractivity contribution in [1.29, 1.82) is 0 Å². The molecule has 0 rings (SSSR count). The first-order chi connectivity index (χ1) is 12.2. The van der Waals surface area contributed by atoms with Gasteiger partial charge in [0, 0.05) is 44.7 Å². The Bertz CT molecular complexity index is 405. The van der Waals surface area contributed by atoms with Gasteiger partial charge < -0.3 is 10.2 Å². The van der Waals surface area contributed by atoms with Crippen LogP contribution in [-0.2, 0) is 9.59 Å². The first-order valence-electron chi connectivity index (χ1n) is 9.66. The van der Waals surface area contributed by atoms with E-state index in [-0.39, 0.29) is 24.9 Å². The van der Waals surface area contributed by atoms with Gasteiger partial charge in [-0.25, -0.2) is 10.0 Å². The van der Waals surface area contributed by atoms with Crippen molar-refractivity contribution in [1.82, 2.24) is 20.9 Å². The quantitative estimate of drug-likeness (QED) is 0.322. The molecule has 154 valence electrons. The highest BCUT2D eigenvalue weighted by Gasteiger charge is 2.49. The summed E-state index contributed by atoms with van der Waals surface area (Å²) in [6.07, 6.45) is 0.556. The van der Waals surface area contributed by atoms with Crippen molar-refractivity contribution in [3.05, 3.63) is 0 Å². The lowest BCUT2D eigenvalue weighted by Crippen LogP contribution is -2.63. The van der Waals surface area contributed by atoms with E-state index in [2.05, 4.69) is 10.9 Å². The standard InChI is InChI=1S/C18H38N4O4/c1-7-21(8-2)19-14(5)18(17(25)26,13-11-12-16(23)24)15(6)20-22(9-3)10-4/h14-15,19-20H,7-13H2,1-6H3,(H,23,24)(H,25,26). The molecular formula is C18H38N4O4. The van der Waals surface area contributed by atoms with Gasteiger partial charge in [0.25, 0.3) is 0 Å². The molecule has 2 unspecified atom stereocenters. The summed E-state index contributed by atoms with van der Waals surface area (Å²) in [6.45, 7) is 14.8. The Kier molecular flexibility index (Phi) is 11.6. The summed E-state index contributed by atoms with van der Waals surface area (Å²) in [5, 5.41) is 23.1. The van der Waals surface area contributed by atoms with Crippen LogP contribution in [0.5, 0.6) is 0 Å². The monoisotopic (exact) mass is 374 g/mol. The molecule has 0 aromatic carbocycles. The number of carboxylic acid groups (broad SMARTS) is 2. The predicted molar refractivity (Wildman–Crippen MR) is 103 cm³/mol. The number of aliphatic carboxylic acids is 2. The van der Waals surface area contributed by atoms with Gasteiger partial charge in [-0.15, -0.1) is 0 Å². The average Bonchev–Trinajstić information content (AvgIpc) is 2.60. The molecule has 0 bridgehead atoms. The number of nitrogens with zero attached hydrogens (tertiary/aromatic N) is 2. The second-order valence-electron chi connectivity index (χ2n) is 6.64. The molecule has 0 aliphatic rings. The fourth-order valence-electron chi connectivity index (χ4n) is 3.41. The van der Waals surface area contributed by atoms with Gasteiger partial charge >= 0.3 is 11.9 Å². The topological polar surface area (TPSA) is 105 Å². The molecule has 0 aliphatic carbocycles. The Labute approximate surface area is 157 Å². The Morgan fingerprint density at radius 2 is 1.27 bits per heavy atom. The van der Waals surface area contributed by atoms with Gasteiger partial charge in [0.2, 0.25) is 0 Å². The Hall–Kier alpha value is -1.22. The van der Waals surface area contributed by atoms with E-state index in [9.17, 15) is 14.7 Å². The summed E-state index contributed by atoms with van der Waals surface area (Å²) in [6, 6.07) is -0.737. The highest BCUT2D eigenvalue weighted by molar-refractivity contribution is 5.77. The first-order valence-corrected chi connectivity index (χ1v) is 9.66. The molecule has 2 atom stereocenters. The van der Waals surface area contributed by atoms with E-state index in [1.165, 1.54) is 0 Å². The third-order valence-corrected chi connectivity index (χ3v) is 5.20. The van der Waals surface area contributed by atoms with Crippen molar-refractivity contribution in [3.8, 4) is 0 Å². The SMILES string of the molecule is CCN(CC)NC(C)C(CCCC(=O)O)(C(=O)O)C(C)NN(CC)CC. The molecule has 8 heteroatoms. The van der Waals surface area contributed by atoms with Crippen molar-refractivity contribution < 1.29 is 19.8 Å². The molecule has 8 nitrogen and oxygen atoms in total. The normalized spacial score (nSPS) is 16.5. The van der Waals surface area contributed by atoms with E-state index in [1.54, 1.807) is 0 Å². The van der Waals surface area contributed by atoms with Crippen LogP contribution in [0.2, 0.25) is 0 Å². The number of nitrogens with one attached hydrogen (secondary N) is 2. The van der Waals surface area contributed by atoms with Crippen molar-refractivity contribution >= 4 is 11.9 Å². The number of hydrazine groups is 2. The van der Waals surface area contributed by atoms with Crippen LogP contribution >= 0.6 is 0 Å². The summed E-state index contributed by atoms with van der Waals surface area (Å²) < 4.78 is 0. The summed E-state index contributed by atoms with van der Waals surface area (Å²) in [5.74, 6) is -1.82. The molecule has 0 spiro atoms. The van der Waals surface area contributed by atoms with Gasteiger partial charge in [-0.2, -0.15) is 0 Å². The van der Waals surface area contributed by atoms with Crippen molar-refractivity contribution in [2.45, 2.75) is 72.9 Å². The van der Waals surface area contributed by atoms with Crippen LogP contribution in [0.3, 0.4) is 0 Å². The Morgan fingerprint density at radius 1 is 0.885 bits per heavy atom. The molecule has 0 aromatic rings. The van der Waals surface area contributed by atoms with E-state index in [1.807, 2.05) is 51.6 Å². The minimum atomic E-state index is -1.14. The lowest BCUT2D eigenvalue weighted by molar-refractivity contribution is -0.156.